The van der Waals surface area contributed by atoms with Crippen molar-refractivity contribution in [2.24, 2.45) is 0 Å². The van der Waals surface area contributed by atoms with Crippen molar-refractivity contribution in [3.63, 3.8) is 0 Å². The van der Waals surface area contributed by atoms with Crippen LogP contribution in [0.3, 0.4) is 0 Å². The fourth-order valence-corrected chi connectivity index (χ4v) is 3.83. The number of carbonyl (C=O) groups is 1. The maximum Gasteiger partial charge on any atom is 0.347 e. The number of rotatable bonds is 8. The lowest BCUT2D eigenvalue weighted by Crippen LogP contribution is -2.26. The molecule has 0 unspecified atom stereocenters. The summed E-state index contributed by atoms with van der Waals surface area (Å²) in [5.74, 6) is -1.22. The Bertz CT molecular complexity index is 523. The van der Waals surface area contributed by atoms with E-state index in [1.54, 1.807) is 0 Å². The molecule has 1 rings (SSSR count). The van der Waals surface area contributed by atoms with E-state index in [2.05, 4.69) is 4.72 Å². The predicted octanol–water partition coefficient (Wildman–Crippen LogP) is 1.07. The molecule has 0 aliphatic rings. The largest absolute Gasteiger partial charge is 0.477 e. The van der Waals surface area contributed by atoms with Crippen molar-refractivity contribution in [3.05, 3.63) is 16.3 Å². The summed E-state index contributed by atoms with van der Waals surface area (Å²) in [4.78, 5) is 12.6. The molecule has 1 heterocycles. The number of thiophene rings is 1. The average molecular weight is 306 g/mol. The molecule has 0 atom stereocenters. The third-order valence-electron chi connectivity index (χ3n) is 2.44. The van der Waals surface area contributed by atoms with Gasteiger partial charge in [-0.15, -0.1) is 11.3 Å². The summed E-state index contributed by atoms with van der Waals surface area (Å²) in [6.07, 6.45) is 1.59. The van der Waals surface area contributed by atoms with E-state index in [9.17, 15) is 13.2 Å². The number of nitrogens with zero attached hydrogens (tertiary/aromatic N) is 1. The first-order valence-electron chi connectivity index (χ1n) is 5.80. The average Bonchev–Trinajstić information content (AvgIpc) is 2.77. The van der Waals surface area contributed by atoms with Crippen LogP contribution in [0.1, 0.15) is 22.5 Å². The number of unbranched alkanes of at least 4 members (excludes halogenated alkanes) is 1. The standard InChI is InChI=1S/C11H18N2O4S2/c1-13(2)7-4-3-6-12-19(16,17)9-5-8-18-10(9)11(14)15/h5,8,12H,3-4,6-7H2,1-2H3,(H,14,15). The van der Waals surface area contributed by atoms with Gasteiger partial charge in [0, 0.05) is 6.54 Å². The second kappa shape index (κ2) is 6.99. The van der Waals surface area contributed by atoms with Crippen LogP contribution < -0.4 is 4.72 Å². The molecule has 8 heteroatoms. The molecule has 0 aliphatic carbocycles. The number of nitrogens with one attached hydrogen (secondary N) is 1. The van der Waals surface area contributed by atoms with Crippen molar-refractivity contribution >= 4 is 27.3 Å². The SMILES string of the molecule is CN(C)CCCCNS(=O)(=O)c1ccsc1C(=O)O. The summed E-state index contributed by atoms with van der Waals surface area (Å²) < 4.78 is 26.3. The zero-order valence-electron chi connectivity index (χ0n) is 10.9. The summed E-state index contributed by atoms with van der Waals surface area (Å²) in [6.45, 7) is 1.20. The van der Waals surface area contributed by atoms with Crippen molar-refractivity contribution in [2.45, 2.75) is 17.7 Å². The van der Waals surface area contributed by atoms with Gasteiger partial charge in [0.15, 0.2) is 0 Å². The van der Waals surface area contributed by atoms with E-state index in [0.29, 0.717) is 13.0 Å². The molecule has 19 heavy (non-hydrogen) atoms. The van der Waals surface area contributed by atoms with Crippen LogP contribution in [0, 0.1) is 0 Å². The lowest BCUT2D eigenvalue weighted by molar-refractivity contribution is 0.0698. The fraction of sp³-hybridized carbons (Fsp3) is 0.545. The molecule has 0 radical (unpaired) electrons. The first-order valence-corrected chi connectivity index (χ1v) is 8.16. The Morgan fingerprint density at radius 2 is 2.11 bits per heavy atom. The molecule has 1 aromatic rings. The zero-order chi connectivity index (χ0) is 14.5. The smallest absolute Gasteiger partial charge is 0.347 e. The number of hydrogen-bond donors (Lipinski definition) is 2. The van der Waals surface area contributed by atoms with Crippen LogP contribution in [0.5, 0.6) is 0 Å². The Morgan fingerprint density at radius 1 is 1.42 bits per heavy atom. The molecule has 6 nitrogen and oxygen atoms in total. The number of carboxylic acid groups (broad SMARTS) is 1. The maximum atomic E-state index is 11.9. The minimum atomic E-state index is -3.73. The van der Waals surface area contributed by atoms with Gasteiger partial charge in [-0.25, -0.2) is 17.9 Å². The zero-order valence-corrected chi connectivity index (χ0v) is 12.6. The molecule has 0 bridgehead atoms. The van der Waals surface area contributed by atoms with Gasteiger partial charge in [0.05, 0.1) is 0 Å². The van der Waals surface area contributed by atoms with Crippen LogP contribution in [0.25, 0.3) is 0 Å². The van der Waals surface area contributed by atoms with Gasteiger partial charge in [0.25, 0.3) is 0 Å². The first kappa shape index (κ1) is 16.1. The minimum absolute atomic E-state index is 0.152. The Labute approximate surface area is 117 Å². The van der Waals surface area contributed by atoms with Crippen molar-refractivity contribution in [3.8, 4) is 0 Å². The lowest BCUT2D eigenvalue weighted by atomic mass is 10.3. The molecule has 0 saturated carbocycles. The minimum Gasteiger partial charge on any atom is -0.477 e. The first-order chi connectivity index (χ1) is 8.84. The quantitative estimate of drug-likeness (QED) is 0.702. The Hall–Kier alpha value is -0.960. The summed E-state index contributed by atoms with van der Waals surface area (Å²) in [5.41, 5.74) is 0. The van der Waals surface area contributed by atoms with E-state index in [0.717, 1.165) is 24.3 Å². The molecule has 0 saturated heterocycles. The van der Waals surface area contributed by atoms with Crippen molar-refractivity contribution in [2.75, 3.05) is 27.2 Å². The highest BCUT2D eigenvalue weighted by molar-refractivity contribution is 7.89. The second-order valence-corrected chi connectivity index (χ2v) is 6.98. The predicted molar refractivity (Wildman–Crippen MR) is 74.3 cm³/mol. The monoisotopic (exact) mass is 306 g/mol. The molecule has 0 spiro atoms. The molecule has 1 aromatic heterocycles. The van der Waals surface area contributed by atoms with Gasteiger partial charge in [0.1, 0.15) is 9.77 Å². The van der Waals surface area contributed by atoms with Crippen LogP contribution in [0.4, 0.5) is 0 Å². The third-order valence-corrected chi connectivity index (χ3v) is 4.97. The van der Waals surface area contributed by atoms with E-state index in [1.165, 1.54) is 11.4 Å². The molecule has 0 fully saturated rings. The summed E-state index contributed by atoms with van der Waals surface area (Å²) in [5, 5.41) is 10.4. The lowest BCUT2D eigenvalue weighted by Gasteiger charge is -2.09. The molecule has 0 aromatic carbocycles. The van der Waals surface area contributed by atoms with Gasteiger partial charge in [-0.05, 0) is 44.9 Å². The van der Waals surface area contributed by atoms with Gasteiger partial charge in [-0.3, -0.25) is 0 Å². The van der Waals surface area contributed by atoms with Crippen LogP contribution >= 0.6 is 11.3 Å². The Balaban J connectivity index is 2.57. The fourth-order valence-electron chi connectivity index (χ4n) is 1.50. The number of hydrogen-bond acceptors (Lipinski definition) is 5. The summed E-state index contributed by atoms with van der Waals surface area (Å²) >= 11 is 0.907. The molecule has 0 aliphatic heterocycles. The van der Waals surface area contributed by atoms with Gasteiger partial charge >= 0.3 is 5.97 Å². The molecule has 108 valence electrons. The highest BCUT2D eigenvalue weighted by atomic mass is 32.2. The molecular weight excluding hydrogens is 288 g/mol. The van der Waals surface area contributed by atoms with Gasteiger partial charge < -0.3 is 10.0 Å². The molecular formula is C11H18N2O4S2. The number of sulfonamides is 1. The van der Waals surface area contributed by atoms with E-state index in [4.69, 9.17) is 5.11 Å². The number of carboxylic acids is 1. The van der Waals surface area contributed by atoms with Crippen molar-refractivity contribution < 1.29 is 18.3 Å². The van der Waals surface area contributed by atoms with E-state index in [1.807, 2.05) is 19.0 Å². The van der Waals surface area contributed by atoms with E-state index in [-0.39, 0.29) is 9.77 Å². The third kappa shape index (κ3) is 4.90. The van der Waals surface area contributed by atoms with Crippen molar-refractivity contribution in [1.29, 1.82) is 0 Å². The topological polar surface area (TPSA) is 86.7 Å². The van der Waals surface area contributed by atoms with Crippen LogP contribution in [-0.4, -0.2) is 51.6 Å². The highest BCUT2D eigenvalue weighted by Crippen LogP contribution is 2.21. The van der Waals surface area contributed by atoms with Gasteiger partial charge in [-0.2, -0.15) is 0 Å². The molecule has 0 amide bonds. The van der Waals surface area contributed by atoms with Gasteiger partial charge in [-0.1, -0.05) is 0 Å². The summed E-state index contributed by atoms with van der Waals surface area (Å²) in [6, 6.07) is 1.32. The number of aromatic carboxylic acids is 1. The van der Waals surface area contributed by atoms with E-state index < -0.39 is 16.0 Å². The normalized spacial score (nSPS) is 11.9. The van der Waals surface area contributed by atoms with Crippen LogP contribution in [0.2, 0.25) is 0 Å². The Morgan fingerprint density at radius 3 is 2.68 bits per heavy atom. The molecule has 2 N–H and O–H groups in total. The van der Waals surface area contributed by atoms with Gasteiger partial charge in [0.2, 0.25) is 10.0 Å². The Kier molecular flexibility index (Phi) is 5.92. The van der Waals surface area contributed by atoms with Crippen molar-refractivity contribution in [1.82, 2.24) is 9.62 Å². The second-order valence-electron chi connectivity index (χ2n) is 4.33. The van der Waals surface area contributed by atoms with Crippen LogP contribution in [0.15, 0.2) is 16.3 Å². The van der Waals surface area contributed by atoms with Crippen LogP contribution in [-0.2, 0) is 10.0 Å². The summed E-state index contributed by atoms with van der Waals surface area (Å²) in [7, 11) is 0.179. The maximum absolute atomic E-state index is 11.9. The van der Waals surface area contributed by atoms with E-state index >= 15 is 0 Å². The highest BCUT2D eigenvalue weighted by Gasteiger charge is 2.23.